The highest BCUT2D eigenvalue weighted by Crippen LogP contribution is 2.47. The zero-order chi connectivity index (χ0) is 36.2. The number of carbonyl (C=O) groups is 1. The van der Waals surface area contributed by atoms with Crippen LogP contribution in [0.5, 0.6) is 11.8 Å². The summed E-state index contributed by atoms with van der Waals surface area (Å²) in [7, 11) is -1.64. The molecule has 0 radical (unpaired) electrons. The van der Waals surface area contributed by atoms with Gasteiger partial charge in [-0.15, -0.1) is 10.2 Å². The molecule has 2 atom stereocenters. The number of carboxylic acid groups (broad SMARTS) is 1. The molecular formula is C36H43F2N7O5S. The van der Waals surface area contributed by atoms with E-state index in [2.05, 4.69) is 15.1 Å². The summed E-state index contributed by atoms with van der Waals surface area (Å²) < 4.78 is 57.2. The number of aromatic nitrogens is 5. The second-order valence-electron chi connectivity index (χ2n) is 14.6. The molecular weight excluding hydrogens is 681 g/mol. The summed E-state index contributed by atoms with van der Waals surface area (Å²) >= 11 is 0. The van der Waals surface area contributed by atoms with Gasteiger partial charge < -0.3 is 14.6 Å². The normalized spacial score (nSPS) is 19.6. The molecule has 2 unspecified atom stereocenters. The van der Waals surface area contributed by atoms with E-state index in [4.69, 9.17) is 19.4 Å². The maximum absolute atomic E-state index is 14.3. The maximum Gasteiger partial charge on any atom is 0.310 e. The Hall–Kier alpha value is -4.08. The van der Waals surface area contributed by atoms with Gasteiger partial charge in [-0.05, 0) is 108 Å². The van der Waals surface area contributed by atoms with Crippen molar-refractivity contribution in [3.05, 3.63) is 69.9 Å². The fraction of sp³-hybridized carbons (Fsp3) is 0.528. The Labute approximate surface area is 297 Å². The molecule has 6 heterocycles. The van der Waals surface area contributed by atoms with Crippen LogP contribution in [-0.2, 0) is 22.3 Å². The van der Waals surface area contributed by atoms with Crippen LogP contribution in [0.3, 0.4) is 0 Å². The Morgan fingerprint density at radius 3 is 2.53 bits per heavy atom. The van der Waals surface area contributed by atoms with Crippen molar-refractivity contribution in [2.75, 3.05) is 32.8 Å². The number of hydrogen-bond donors (Lipinski definition) is 1. The number of aryl methyl sites for hydroxylation is 3. The molecule has 1 N–H and O–H groups in total. The first-order chi connectivity index (χ1) is 24.3. The van der Waals surface area contributed by atoms with Crippen LogP contribution < -0.4 is 9.47 Å². The van der Waals surface area contributed by atoms with Crippen molar-refractivity contribution in [1.82, 2.24) is 33.8 Å². The number of aliphatic carboxylic acids is 1. The third kappa shape index (κ3) is 6.71. The molecule has 272 valence electrons. The molecule has 3 aliphatic rings. The number of pyridine rings is 3. The highest BCUT2D eigenvalue weighted by atomic mass is 32.2. The van der Waals surface area contributed by atoms with Gasteiger partial charge in [-0.25, -0.2) is 17.3 Å². The fourth-order valence-corrected chi connectivity index (χ4v) is 8.53. The summed E-state index contributed by atoms with van der Waals surface area (Å²) in [4.78, 5) is 25.4. The fourth-order valence-electron chi connectivity index (χ4n) is 7.14. The van der Waals surface area contributed by atoms with Crippen LogP contribution in [0, 0.1) is 26.2 Å². The van der Waals surface area contributed by atoms with Gasteiger partial charge in [-0.3, -0.25) is 19.1 Å². The quantitative estimate of drug-likeness (QED) is 0.210. The number of likely N-dealkylation sites (tertiary alicyclic amines) is 1. The highest BCUT2D eigenvalue weighted by Gasteiger charge is 2.51. The second kappa shape index (κ2) is 13.5. The standard InChI is InChI=1S/C36H43F2N7O5S/c1-21-8-9-25(28(35(4,5)34(46)47)24-10-15-45-30(23(24)3)41-42-31(45)29(37)38)39-26(21)19-44-20-36(11-12-36)50-33-27(51(44)48)18-22(2)32(40-33)49-17-16-43-13-6-7-14-43/h8-10,15,18,28-29H,6-7,11-14,16-17,19-20H2,1-5H3,(H,46,47). The number of rotatable bonds is 11. The van der Waals surface area contributed by atoms with Gasteiger partial charge in [0.1, 0.15) is 28.1 Å². The lowest BCUT2D eigenvalue weighted by molar-refractivity contribution is -0.147. The summed E-state index contributed by atoms with van der Waals surface area (Å²) in [6.45, 7) is 12.9. The number of hydrogen-bond acceptors (Lipinski definition) is 9. The SMILES string of the molecule is Cc1ccc(C(c2ccn3c(C(F)F)nnc3c2C)C(C)(C)C(=O)O)nc1CN1CC2(CC2)Oc2nc(OCCN3CCCC3)c(C)cc2S1=O. The molecule has 1 saturated carbocycles. The Bertz CT molecular complexity index is 2010. The lowest BCUT2D eigenvalue weighted by Gasteiger charge is -2.32. The molecule has 2 aliphatic heterocycles. The predicted octanol–water partition coefficient (Wildman–Crippen LogP) is 5.55. The molecule has 2 fully saturated rings. The number of fused-ring (bicyclic) bond motifs is 2. The number of carboxylic acids is 1. The minimum absolute atomic E-state index is 0.212. The second-order valence-corrected chi connectivity index (χ2v) is 16.0. The van der Waals surface area contributed by atoms with Gasteiger partial charge in [-0.1, -0.05) is 6.07 Å². The van der Waals surface area contributed by atoms with Crippen molar-refractivity contribution in [3.8, 4) is 11.8 Å². The zero-order valence-electron chi connectivity index (χ0n) is 29.5. The molecule has 0 bridgehead atoms. The third-order valence-electron chi connectivity index (χ3n) is 10.5. The van der Waals surface area contributed by atoms with Crippen molar-refractivity contribution in [1.29, 1.82) is 0 Å². The van der Waals surface area contributed by atoms with E-state index in [1.54, 1.807) is 32.9 Å². The number of alkyl halides is 2. The van der Waals surface area contributed by atoms with Crippen LogP contribution >= 0.6 is 0 Å². The van der Waals surface area contributed by atoms with Gasteiger partial charge in [0.05, 0.1) is 24.2 Å². The van der Waals surface area contributed by atoms with Gasteiger partial charge in [0.25, 0.3) is 6.43 Å². The average molecular weight is 724 g/mol. The smallest absolute Gasteiger partial charge is 0.310 e. The zero-order valence-corrected chi connectivity index (χ0v) is 30.3. The van der Waals surface area contributed by atoms with Crippen LogP contribution in [0.25, 0.3) is 5.65 Å². The van der Waals surface area contributed by atoms with Crippen molar-refractivity contribution in [2.45, 2.75) is 89.7 Å². The summed E-state index contributed by atoms with van der Waals surface area (Å²) in [5, 5.41) is 18.1. The largest absolute Gasteiger partial charge is 0.481 e. The van der Waals surface area contributed by atoms with E-state index in [9.17, 15) is 22.9 Å². The first-order valence-corrected chi connectivity index (χ1v) is 18.4. The van der Waals surface area contributed by atoms with E-state index in [1.807, 2.05) is 30.3 Å². The minimum Gasteiger partial charge on any atom is -0.481 e. The van der Waals surface area contributed by atoms with Crippen LogP contribution in [0.4, 0.5) is 8.78 Å². The van der Waals surface area contributed by atoms with E-state index >= 15 is 0 Å². The summed E-state index contributed by atoms with van der Waals surface area (Å²) in [6.07, 6.45) is 2.63. The van der Waals surface area contributed by atoms with Crippen LogP contribution in [-0.4, -0.2) is 87.4 Å². The van der Waals surface area contributed by atoms with Gasteiger partial charge in [-0.2, -0.15) is 4.98 Å². The van der Waals surface area contributed by atoms with Gasteiger partial charge in [0.2, 0.25) is 17.6 Å². The molecule has 15 heteroatoms. The molecule has 4 aromatic rings. The summed E-state index contributed by atoms with van der Waals surface area (Å²) in [6, 6.07) is 7.16. The monoisotopic (exact) mass is 723 g/mol. The molecule has 0 amide bonds. The molecule has 7 rings (SSSR count). The number of nitrogens with zero attached hydrogens (tertiary/aromatic N) is 7. The number of halogens is 2. The minimum atomic E-state index is -2.82. The van der Waals surface area contributed by atoms with Gasteiger partial charge in [0, 0.05) is 29.9 Å². The molecule has 1 aliphatic carbocycles. The predicted molar refractivity (Wildman–Crippen MR) is 184 cm³/mol. The lowest BCUT2D eigenvalue weighted by atomic mass is 9.72. The van der Waals surface area contributed by atoms with Crippen LogP contribution in [0.1, 0.15) is 91.3 Å². The van der Waals surface area contributed by atoms with Crippen molar-refractivity contribution >= 4 is 22.6 Å². The van der Waals surface area contributed by atoms with Gasteiger partial charge in [0.15, 0.2) is 5.65 Å². The van der Waals surface area contributed by atoms with Crippen molar-refractivity contribution in [3.63, 3.8) is 0 Å². The topological polar surface area (TPSA) is 135 Å². The summed E-state index contributed by atoms with van der Waals surface area (Å²) in [5.41, 5.74) is 2.19. The Morgan fingerprint density at radius 2 is 1.84 bits per heavy atom. The molecule has 0 aromatic carbocycles. The Balaban J connectivity index is 1.21. The van der Waals surface area contributed by atoms with Crippen molar-refractivity contribution < 1.29 is 32.4 Å². The van der Waals surface area contributed by atoms with E-state index < -0.39 is 46.1 Å². The van der Waals surface area contributed by atoms with Crippen molar-refractivity contribution in [2.24, 2.45) is 5.41 Å². The molecule has 4 aromatic heterocycles. The van der Waals surface area contributed by atoms with E-state index in [-0.39, 0.29) is 12.2 Å². The first kappa shape index (κ1) is 35.3. The van der Waals surface area contributed by atoms with Crippen LogP contribution in [0.15, 0.2) is 35.4 Å². The van der Waals surface area contributed by atoms with E-state index in [0.29, 0.717) is 52.3 Å². The van der Waals surface area contributed by atoms with Gasteiger partial charge >= 0.3 is 5.97 Å². The van der Waals surface area contributed by atoms with E-state index in [1.165, 1.54) is 23.4 Å². The molecule has 1 spiro atoms. The molecule has 51 heavy (non-hydrogen) atoms. The molecule has 12 nitrogen and oxygen atoms in total. The molecule has 1 saturated heterocycles. The number of ether oxygens (including phenoxy) is 2. The Kier molecular flexibility index (Phi) is 9.34. The van der Waals surface area contributed by atoms with E-state index in [0.717, 1.165) is 43.6 Å². The summed E-state index contributed by atoms with van der Waals surface area (Å²) in [5.74, 6) is -1.51. The highest BCUT2D eigenvalue weighted by molar-refractivity contribution is 7.82. The third-order valence-corrected chi connectivity index (χ3v) is 11.9. The average Bonchev–Trinajstić information content (AvgIpc) is 3.44. The maximum atomic E-state index is 14.3. The lowest BCUT2D eigenvalue weighted by Crippen LogP contribution is -2.36. The Morgan fingerprint density at radius 1 is 1.10 bits per heavy atom. The first-order valence-electron chi connectivity index (χ1n) is 17.3. The van der Waals surface area contributed by atoms with Crippen LogP contribution in [0.2, 0.25) is 0 Å².